The maximum absolute atomic E-state index is 9.65. The number of aromatic nitrogens is 1. The Hall–Kier alpha value is -1.60. The molecule has 2 N–H and O–H groups in total. The van der Waals surface area contributed by atoms with Crippen LogP contribution in [-0.4, -0.2) is 22.2 Å². The Morgan fingerprint density at radius 3 is 2.72 bits per heavy atom. The Labute approximate surface area is 108 Å². The lowest BCUT2D eigenvalue weighted by Crippen LogP contribution is -2.45. The van der Waals surface area contributed by atoms with Crippen molar-refractivity contribution in [2.45, 2.75) is 38.1 Å². The molecule has 0 unspecified atom stereocenters. The van der Waals surface area contributed by atoms with Crippen LogP contribution in [0.3, 0.4) is 0 Å². The van der Waals surface area contributed by atoms with Crippen molar-refractivity contribution in [1.82, 2.24) is 4.98 Å². The van der Waals surface area contributed by atoms with Crippen LogP contribution in [0.5, 0.6) is 0 Å². The van der Waals surface area contributed by atoms with Crippen molar-refractivity contribution < 1.29 is 5.11 Å². The van der Waals surface area contributed by atoms with Crippen LogP contribution in [0.25, 0.3) is 0 Å². The second-order valence-electron chi connectivity index (χ2n) is 5.29. The highest BCUT2D eigenvalue weighted by Gasteiger charge is 2.33. The third kappa shape index (κ3) is 2.80. The summed E-state index contributed by atoms with van der Waals surface area (Å²) >= 11 is 0. The molecule has 4 heteroatoms. The van der Waals surface area contributed by atoms with E-state index in [-0.39, 0.29) is 12.1 Å². The van der Waals surface area contributed by atoms with Gasteiger partial charge in [-0.25, -0.2) is 4.98 Å². The normalized spacial score (nSPS) is 27.5. The van der Waals surface area contributed by atoms with Crippen molar-refractivity contribution in [3.8, 4) is 6.07 Å². The molecule has 0 saturated heterocycles. The maximum atomic E-state index is 9.65. The Bertz CT molecular complexity index is 427. The number of hydrogen-bond donors (Lipinski definition) is 2. The van der Waals surface area contributed by atoms with E-state index in [1.165, 1.54) is 0 Å². The number of pyridine rings is 1. The highest BCUT2D eigenvalue weighted by atomic mass is 16.3. The summed E-state index contributed by atoms with van der Waals surface area (Å²) < 4.78 is 0. The average molecular weight is 245 g/mol. The van der Waals surface area contributed by atoms with Crippen LogP contribution in [-0.2, 0) is 0 Å². The van der Waals surface area contributed by atoms with Gasteiger partial charge in [-0.2, -0.15) is 5.26 Å². The molecular formula is C14H19N3O. The molecule has 1 saturated carbocycles. The molecular weight excluding hydrogens is 226 g/mol. The van der Waals surface area contributed by atoms with Gasteiger partial charge in [0.25, 0.3) is 0 Å². The summed E-state index contributed by atoms with van der Waals surface area (Å²) in [5, 5.41) is 21.8. The van der Waals surface area contributed by atoms with Gasteiger partial charge in [0.1, 0.15) is 11.8 Å². The zero-order valence-corrected chi connectivity index (χ0v) is 10.7. The van der Waals surface area contributed by atoms with E-state index in [0.717, 1.165) is 37.3 Å². The summed E-state index contributed by atoms with van der Waals surface area (Å²) in [5.74, 6) is 0.741. The summed E-state index contributed by atoms with van der Waals surface area (Å²) in [6.07, 6.45) is 5.89. The molecule has 0 atom stereocenters. The molecule has 0 bridgehead atoms. The first-order chi connectivity index (χ1) is 8.67. The van der Waals surface area contributed by atoms with Crippen LogP contribution >= 0.6 is 0 Å². The molecule has 1 aromatic heterocycles. The van der Waals surface area contributed by atoms with Gasteiger partial charge in [0.05, 0.1) is 24.0 Å². The van der Waals surface area contributed by atoms with E-state index >= 15 is 0 Å². The van der Waals surface area contributed by atoms with Gasteiger partial charge in [0.15, 0.2) is 0 Å². The number of nitriles is 1. The SMILES string of the molecule is CC1CCC(CO)(Nc2ccc(C#N)nc2)CC1. The monoisotopic (exact) mass is 245 g/mol. The Morgan fingerprint density at radius 2 is 2.22 bits per heavy atom. The predicted octanol–water partition coefficient (Wildman–Crippen LogP) is 2.31. The second-order valence-corrected chi connectivity index (χ2v) is 5.29. The fourth-order valence-electron chi connectivity index (χ4n) is 2.48. The van der Waals surface area contributed by atoms with Crippen molar-refractivity contribution in [2.75, 3.05) is 11.9 Å². The van der Waals surface area contributed by atoms with Crippen molar-refractivity contribution in [1.29, 1.82) is 5.26 Å². The quantitative estimate of drug-likeness (QED) is 0.857. The third-order valence-corrected chi connectivity index (χ3v) is 3.82. The van der Waals surface area contributed by atoms with E-state index in [0.29, 0.717) is 5.69 Å². The first kappa shape index (κ1) is 12.8. The minimum atomic E-state index is -0.220. The minimum absolute atomic E-state index is 0.139. The molecule has 1 fully saturated rings. The van der Waals surface area contributed by atoms with Gasteiger partial charge in [0, 0.05) is 0 Å². The first-order valence-electron chi connectivity index (χ1n) is 6.43. The van der Waals surface area contributed by atoms with Gasteiger partial charge < -0.3 is 10.4 Å². The Balaban J connectivity index is 2.08. The molecule has 18 heavy (non-hydrogen) atoms. The molecule has 0 amide bonds. The molecule has 0 aromatic carbocycles. The Morgan fingerprint density at radius 1 is 1.50 bits per heavy atom. The number of nitrogens with zero attached hydrogens (tertiary/aromatic N) is 2. The van der Waals surface area contributed by atoms with Crippen LogP contribution in [0.15, 0.2) is 18.3 Å². The van der Waals surface area contributed by atoms with E-state index in [4.69, 9.17) is 5.26 Å². The van der Waals surface area contributed by atoms with Crippen molar-refractivity contribution in [3.05, 3.63) is 24.0 Å². The number of rotatable bonds is 3. The van der Waals surface area contributed by atoms with E-state index < -0.39 is 0 Å². The van der Waals surface area contributed by atoms with E-state index in [9.17, 15) is 5.11 Å². The molecule has 0 aliphatic heterocycles. The van der Waals surface area contributed by atoms with Gasteiger partial charge >= 0.3 is 0 Å². The van der Waals surface area contributed by atoms with Crippen LogP contribution in [0.4, 0.5) is 5.69 Å². The number of anilines is 1. The van der Waals surface area contributed by atoms with Crippen LogP contribution in [0.1, 0.15) is 38.3 Å². The second kappa shape index (κ2) is 5.36. The largest absolute Gasteiger partial charge is 0.394 e. The minimum Gasteiger partial charge on any atom is -0.394 e. The predicted molar refractivity (Wildman–Crippen MR) is 70.0 cm³/mol. The van der Waals surface area contributed by atoms with Crippen LogP contribution in [0, 0.1) is 17.2 Å². The van der Waals surface area contributed by atoms with Crippen molar-refractivity contribution in [2.24, 2.45) is 5.92 Å². The van der Waals surface area contributed by atoms with Crippen LogP contribution in [0.2, 0.25) is 0 Å². The first-order valence-corrected chi connectivity index (χ1v) is 6.43. The number of aliphatic hydroxyl groups excluding tert-OH is 1. The topological polar surface area (TPSA) is 68.9 Å². The molecule has 0 radical (unpaired) electrons. The number of hydrogen-bond acceptors (Lipinski definition) is 4. The lowest BCUT2D eigenvalue weighted by molar-refractivity contribution is 0.155. The molecule has 2 rings (SSSR count). The lowest BCUT2D eigenvalue weighted by Gasteiger charge is -2.39. The van der Waals surface area contributed by atoms with Gasteiger partial charge in [-0.05, 0) is 43.7 Å². The highest BCUT2D eigenvalue weighted by molar-refractivity contribution is 5.45. The van der Waals surface area contributed by atoms with E-state index in [1.807, 2.05) is 12.1 Å². The summed E-state index contributed by atoms with van der Waals surface area (Å²) in [4.78, 5) is 4.04. The molecule has 1 aromatic rings. The lowest BCUT2D eigenvalue weighted by atomic mass is 9.77. The fourth-order valence-corrected chi connectivity index (χ4v) is 2.48. The average Bonchev–Trinajstić information content (AvgIpc) is 2.43. The van der Waals surface area contributed by atoms with E-state index in [2.05, 4.69) is 17.2 Å². The number of aliphatic hydroxyl groups is 1. The smallest absolute Gasteiger partial charge is 0.140 e. The summed E-state index contributed by atoms with van der Waals surface area (Å²) in [7, 11) is 0. The number of nitrogens with one attached hydrogen (secondary N) is 1. The van der Waals surface area contributed by atoms with Crippen LogP contribution < -0.4 is 5.32 Å². The van der Waals surface area contributed by atoms with Crippen molar-refractivity contribution in [3.63, 3.8) is 0 Å². The van der Waals surface area contributed by atoms with E-state index in [1.54, 1.807) is 12.3 Å². The Kier molecular flexibility index (Phi) is 3.83. The maximum Gasteiger partial charge on any atom is 0.140 e. The fraction of sp³-hybridized carbons (Fsp3) is 0.571. The zero-order valence-electron chi connectivity index (χ0n) is 10.7. The standard InChI is InChI=1S/C14H19N3O/c1-11-4-6-14(10-18,7-5-11)17-13-3-2-12(8-15)16-9-13/h2-3,9,11,17-18H,4-7,10H2,1H3. The molecule has 1 aliphatic rings. The van der Waals surface area contributed by atoms with Gasteiger partial charge in [-0.15, -0.1) is 0 Å². The van der Waals surface area contributed by atoms with Gasteiger partial charge in [0.2, 0.25) is 0 Å². The molecule has 1 heterocycles. The van der Waals surface area contributed by atoms with Gasteiger partial charge in [-0.1, -0.05) is 6.92 Å². The molecule has 1 aliphatic carbocycles. The molecule has 96 valence electrons. The molecule has 0 spiro atoms. The zero-order chi connectivity index (χ0) is 13.0. The summed E-state index contributed by atoms with van der Waals surface area (Å²) in [6, 6.07) is 5.54. The van der Waals surface area contributed by atoms with Gasteiger partial charge in [-0.3, -0.25) is 0 Å². The summed E-state index contributed by atoms with van der Waals surface area (Å²) in [6.45, 7) is 2.39. The summed E-state index contributed by atoms with van der Waals surface area (Å²) in [5.41, 5.74) is 1.07. The van der Waals surface area contributed by atoms with Crippen molar-refractivity contribution >= 4 is 5.69 Å². The molecule has 4 nitrogen and oxygen atoms in total. The third-order valence-electron chi connectivity index (χ3n) is 3.82. The highest BCUT2D eigenvalue weighted by Crippen LogP contribution is 2.34.